The Labute approximate surface area is 158 Å². The van der Waals surface area contributed by atoms with Gasteiger partial charge in [0.05, 0.1) is 24.0 Å². The fourth-order valence-electron chi connectivity index (χ4n) is 4.48. The highest BCUT2D eigenvalue weighted by Gasteiger charge is 2.51. The quantitative estimate of drug-likeness (QED) is 0.855. The summed E-state index contributed by atoms with van der Waals surface area (Å²) in [5.74, 6) is 0.693. The molecule has 8 nitrogen and oxygen atoms in total. The third-order valence-electron chi connectivity index (χ3n) is 5.87. The summed E-state index contributed by atoms with van der Waals surface area (Å²) in [7, 11) is 1.80. The minimum absolute atomic E-state index is 0.0878. The summed E-state index contributed by atoms with van der Waals surface area (Å²) in [6.45, 7) is 3.58. The molecule has 1 saturated heterocycles. The summed E-state index contributed by atoms with van der Waals surface area (Å²) in [6.07, 6.45) is 8.23. The Hall–Kier alpha value is -2.32. The summed E-state index contributed by atoms with van der Waals surface area (Å²) >= 11 is 0. The average molecular weight is 371 g/mol. The van der Waals surface area contributed by atoms with E-state index in [0.29, 0.717) is 12.2 Å². The predicted molar refractivity (Wildman–Crippen MR) is 96.9 cm³/mol. The van der Waals surface area contributed by atoms with Crippen molar-refractivity contribution >= 4 is 5.91 Å². The van der Waals surface area contributed by atoms with Crippen molar-refractivity contribution in [3.63, 3.8) is 0 Å². The van der Waals surface area contributed by atoms with Crippen LogP contribution in [0.15, 0.2) is 29.2 Å². The maximum Gasteiger partial charge on any atom is 0.271 e. The second-order valence-electron chi connectivity index (χ2n) is 7.48. The smallest absolute Gasteiger partial charge is 0.271 e. The van der Waals surface area contributed by atoms with Crippen LogP contribution >= 0.6 is 0 Å². The van der Waals surface area contributed by atoms with Gasteiger partial charge in [0.2, 0.25) is 0 Å². The normalized spacial score (nSPS) is 28.1. The van der Waals surface area contributed by atoms with Gasteiger partial charge in [-0.3, -0.25) is 14.7 Å². The molecule has 1 N–H and O–H groups in total. The van der Waals surface area contributed by atoms with E-state index in [1.54, 1.807) is 13.3 Å². The number of carbonyl (C=O) groups excluding carboxylic acids is 1. The number of hydrogen-bond acceptors (Lipinski definition) is 7. The van der Waals surface area contributed by atoms with Gasteiger partial charge in [0.25, 0.3) is 5.91 Å². The molecule has 3 atom stereocenters. The van der Waals surface area contributed by atoms with Crippen LogP contribution in [-0.2, 0) is 11.3 Å². The lowest BCUT2D eigenvalue weighted by atomic mass is 9.78. The number of fused-ring (bicyclic) bond motifs is 1. The number of carbonyl (C=O) groups is 1. The zero-order valence-corrected chi connectivity index (χ0v) is 15.7. The van der Waals surface area contributed by atoms with Crippen LogP contribution in [-0.4, -0.2) is 57.3 Å². The zero-order valence-electron chi connectivity index (χ0n) is 15.7. The van der Waals surface area contributed by atoms with Crippen molar-refractivity contribution in [3.8, 4) is 0 Å². The molecule has 2 aliphatic rings. The molecule has 8 heteroatoms. The lowest BCUT2D eigenvalue weighted by Crippen LogP contribution is -2.54. The number of hydrogen-bond donors (Lipinski definition) is 1. The molecule has 1 saturated carbocycles. The maximum absolute atomic E-state index is 12.4. The van der Waals surface area contributed by atoms with Crippen molar-refractivity contribution in [2.75, 3.05) is 13.7 Å². The Bertz CT molecular complexity index is 796. The zero-order chi connectivity index (χ0) is 18.9. The van der Waals surface area contributed by atoms with Crippen molar-refractivity contribution in [1.82, 2.24) is 25.3 Å². The summed E-state index contributed by atoms with van der Waals surface area (Å²) < 4.78 is 11.4. The van der Waals surface area contributed by atoms with E-state index in [0.717, 1.165) is 43.7 Å². The van der Waals surface area contributed by atoms with E-state index in [9.17, 15) is 4.79 Å². The Kier molecular flexibility index (Phi) is 4.92. The van der Waals surface area contributed by atoms with Crippen LogP contribution in [0.1, 0.15) is 47.6 Å². The molecule has 1 aliphatic carbocycles. The number of nitrogens with zero attached hydrogens (tertiary/aromatic N) is 4. The van der Waals surface area contributed by atoms with E-state index in [1.165, 1.54) is 12.4 Å². The molecule has 27 heavy (non-hydrogen) atoms. The molecular weight excluding hydrogens is 346 g/mol. The highest BCUT2D eigenvalue weighted by atomic mass is 16.5. The van der Waals surface area contributed by atoms with Crippen molar-refractivity contribution in [2.24, 2.45) is 0 Å². The van der Waals surface area contributed by atoms with E-state index in [4.69, 9.17) is 9.26 Å². The molecule has 0 bridgehead atoms. The van der Waals surface area contributed by atoms with E-state index in [1.807, 2.05) is 13.0 Å². The van der Waals surface area contributed by atoms with E-state index in [-0.39, 0.29) is 23.6 Å². The van der Waals surface area contributed by atoms with Crippen LogP contribution in [0, 0.1) is 6.92 Å². The summed E-state index contributed by atoms with van der Waals surface area (Å²) in [6, 6.07) is 2.29. The van der Waals surface area contributed by atoms with Gasteiger partial charge in [0, 0.05) is 44.2 Å². The van der Waals surface area contributed by atoms with E-state index in [2.05, 4.69) is 25.3 Å². The molecule has 0 unspecified atom stereocenters. The summed E-state index contributed by atoms with van der Waals surface area (Å²) in [4.78, 5) is 22.9. The van der Waals surface area contributed by atoms with Gasteiger partial charge in [-0.25, -0.2) is 4.98 Å². The van der Waals surface area contributed by atoms with Crippen LogP contribution in [0.5, 0.6) is 0 Å². The molecule has 0 spiro atoms. The monoisotopic (exact) mass is 371 g/mol. The lowest BCUT2D eigenvalue weighted by molar-refractivity contribution is -0.0685. The number of amides is 1. The molecule has 1 aliphatic heterocycles. The van der Waals surface area contributed by atoms with Crippen LogP contribution in [0.4, 0.5) is 0 Å². The molecule has 3 heterocycles. The van der Waals surface area contributed by atoms with Crippen molar-refractivity contribution in [1.29, 1.82) is 0 Å². The van der Waals surface area contributed by atoms with Gasteiger partial charge in [0.1, 0.15) is 5.69 Å². The number of methoxy groups -OCH3 is 1. The second-order valence-corrected chi connectivity index (χ2v) is 7.48. The molecule has 0 radical (unpaired) electrons. The Morgan fingerprint density at radius 1 is 1.44 bits per heavy atom. The van der Waals surface area contributed by atoms with Crippen molar-refractivity contribution < 1.29 is 14.1 Å². The number of nitrogens with one attached hydrogen (secondary N) is 1. The standard InChI is InChI=1S/C19H25N5O3/c1-13-9-15(27-23-13)12-24-8-5-19(26-2)4-3-14(10-17(19)24)22-18(25)16-11-20-6-7-21-16/h6-7,9,11,14,17H,3-5,8,10,12H2,1-2H3,(H,22,25)/t14-,17+,19-/m1/s1. The molecule has 2 aromatic rings. The largest absolute Gasteiger partial charge is 0.377 e. The SMILES string of the molecule is CO[C@@]12CC[C@@H](NC(=O)c3cnccn3)C[C@@H]1N(Cc1cc(C)no1)CC2. The molecular formula is C19H25N5O3. The first-order valence-electron chi connectivity index (χ1n) is 9.38. The average Bonchev–Trinajstić information content (AvgIpc) is 3.27. The molecule has 1 amide bonds. The predicted octanol–water partition coefficient (Wildman–Crippen LogP) is 1.72. The Balaban J connectivity index is 1.45. The third-order valence-corrected chi connectivity index (χ3v) is 5.87. The molecule has 2 aromatic heterocycles. The van der Waals surface area contributed by atoms with E-state index < -0.39 is 0 Å². The summed E-state index contributed by atoms with van der Waals surface area (Å²) in [5, 5.41) is 7.10. The van der Waals surface area contributed by atoms with Gasteiger partial charge < -0.3 is 14.6 Å². The highest BCUT2D eigenvalue weighted by molar-refractivity contribution is 5.92. The number of likely N-dealkylation sites (tertiary alicyclic amines) is 1. The van der Waals surface area contributed by atoms with Crippen LogP contribution in [0.25, 0.3) is 0 Å². The maximum atomic E-state index is 12.4. The van der Waals surface area contributed by atoms with Crippen LogP contribution < -0.4 is 5.32 Å². The minimum Gasteiger partial charge on any atom is -0.377 e. The molecule has 0 aromatic carbocycles. The highest BCUT2D eigenvalue weighted by Crippen LogP contribution is 2.43. The lowest BCUT2D eigenvalue weighted by Gasteiger charge is -2.43. The van der Waals surface area contributed by atoms with Gasteiger partial charge in [-0.15, -0.1) is 0 Å². The van der Waals surface area contributed by atoms with Gasteiger partial charge in [-0.2, -0.15) is 0 Å². The second kappa shape index (κ2) is 7.36. The molecule has 2 fully saturated rings. The van der Waals surface area contributed by atoms with Crippen molar-refractivity contribution in [3.05, 3.63) is 41.8 Å². The van der Waals surface area contributed by atoms with Gasteiger partial charge >= 0.3 is 0 Å². The molecule has 4 rings (SSSR count). The first kappa shape index (κ1) is 18.1. The Morgan fingerprint density at radius 3 is 3.04 bits per heavy atom. The van der Waals surface area contributed by atoms with Gasteiger partial charge in [-0.05, 0) is 32.6 Å². The summed E-state index contributed by atoms with van der Waals surface area (Å²) in [5.41, 5.74) is 1.09. The number of aromatic nitrogens is 3. The fourth-order valence-corrected chi connectivity index (χ4v) is 4.48. The van der Waals surface area contributed by atoms with Gasteiger partial charge in [-0.1, -0.05) is 5.16 Å². The fraction of sp³-hybridized carbons (Fsp3) is 0.579. The number of ether oxygens (including phenoxy) is 1. The third kappa shape index (κ3) is 3.59. The molecule has 144 valence electrons. The van der Waals surface area contributed by atoms with Gasteiger partial charge in [0.15, 0.2) is 5.76 Å². The van der Waals surface area contributed by atoms with E-state index >= 15 is 0 Å². The van der Waals surface area contributed by atoms with Crippen LogP contribution in [0.3, 0.4) is 0 Å². The topological polar surface area (TPSA) is 93.4 Å². The minimum atomic E-state index is -0.173. The first-order valence-corrected chi connectivity index (χ1v) is 9.38. The van der Waals surface area contributed by atoms with Crippen molar-refractivity contribution in [2.45, 2.75) is 56.8 Å². The number of aryl methyl sites for hydroxylation is 1. The Morgan fingerprint density at radius 2 is 2.33 bits per heavy atom. The van der Waals surface area contributed by atoms with Crippen LogP contribution in [0.2, 0.25) is 0 Å². The number of rotatable bonds is 5. The first-order chi connectivity index (χ1) is 13.1.